The molecule has 0 unspecified atom stereocenters. The summed E-state index contributed by atoms with van der Waals surface area (Å²) in [5, 5.41) is 4.97. The first-order chi connectivity index (χ1) is 20.3. The van der Waals surface area contributed by atoms with Crippen molar-refractivity contribution in [2.24, 2.45) is 0 Å². The van der Waals surface area contributed by atoms with Crippen molar-refractivity contribution in [1.29, 1.82) is 0 Å². The van der Waals surface area contributed by atoms with Gasteiger partial charge in [0.15, 0.2) is 11.6 Å². The Morgan fingerprint density at radius 3 is 1.66 bits per heavy atom. The van der Waals surface area contributed by atoms with Crippen LogP contribution in [-0.4, -0.2) is 19.5 Å². The Kier molecular flexibility index (Phi) is 4.58. The molecule has 41 heavy (non-hydrogen) atoms. The van der Waals surface area contributed by atoms with Gasteiger partial charge in [-0.05, 0) is 45.2 Å². The van der Waals surface area contributed by atoms with Crippen molar-refractivity contribution in [1.82, 2.24) is 19.5 Å². The van der Waals surface area contributed by atoms with Crippen molar-refractivity contribution < 1.29 is 0 Å². The molecule has 0 N–H and O–H groups in total. The van der Waals surface area contributed by atoms with E-state index in [1.807, 2.05) is 60.7 Å². The van der Waals surface area contributed by atoms with Crippen molar-refractivity contribution >= 4 is 32.6 Å². The lowest BCUT2D eigenvalue weighted by molar-refractivity contribution is 0.954. The van der Waals surface area contributed by atoms with Crippen LogP contribution in [0.2, 0.25) is 0 Å². The minimum Gasteiger partial charge on any atom is -0.278 e. The van der Waals surface area contributed by atoms with E-state index in [1.165, 1.54) is 43.8 Å². The topological polar surface area (TPSA) is 43.6 Å². The normalized spacial score (nSPS) is 11.9. The molecule has 4 heteroatoms. The lowest BCUT2D eigenvalue weighted by Gasteiger charge is -2.11. The third kappa shape index (κ3) is 3.19. The summed E-state index contributed by atoms with van der Waals surface area (Å²) in [7, 11) is 0. The maximum absolute atomic E-state index is 5.11. The Balaban J connectivity index is 1.43. The molecule has 2 heterocycles. The maximum Gasteiger partial charge on any atom is 0.238 e. The molecule has 9 rings (SSSR count). The van der Waals surface area contributed by atoms with Gasteiger partial charge in [-0.2, -0.15) is 9.97 Å². The average molecular weight is 523 g/mol. The van der Waals surface area contributed by atoms with Crippen LogP contribution in [0, 0.1) is 0 Å². The second-order valence-corrected chi connectivity index (χ2v) is 10.5. The van der Waals surface area contributed by atoms with Gasteiger partial charge < -0.3 is 0 Å². The minimum atomic E-state index is 0.609. The standard InChI is InChI=1S/C37H22N4/c1-3-12-23(13-4-1)35-38-36(24-14-5-2-6-15-24)40-37(39-35)41-31-21-10-9-18-28(31)34-29-20-11-19-27-25-16-7-8-17-26(25)30(33(27)29)22-32(34)41/h1-22H. The molecule has 8 aromatic rings. The molecule has 2 aromatic heterocycles. The predicted octanol–water partition coefficient (Wildman–Crippen LogP) is 9.10. The lowest BCUT2D eigenvalue weighted by atomic mass is 9.98. The summed E-state index contributed by atoms with van der Waals surface area (Å²) in [6.45, 7) is 0. The Hall–Kier alpha value is -5.61. The third-order valence-corrected chi connectivity index (χ3v) is 8.19. The molecule has 6 aromatic carbocycles. The Morgan fingerprint density at radius 2 is 0.951 bits per heavy atom. The molecule has 0 aliphatic heterocycles. The van der Waals surface area contributed by atoms with E-state index in [-0.39, 0.29) is 0 Å². The lowest BCUT2D eigenvalue weighted by Crippen LogP contribution is -2.06. The maximum atomic E-state index is 5.11. The first-order valence-corrected chi connectivity index (χ1v) is 13.8. The highest BCUT2D eigenvalue weighted by Crippen LogP contribution is 2.50. The zero-order chi connectivity index (χ0) is 26.9. The largest absolute Gasteiger partial charge is 0.278 e. The van der Waals surface area contributed by atoms with Crippen LogP contribution in [0.1, 0.15) is 0 Å². The molecule has 0 amide bonds. The number of fused-ring (bicyclic) bond motifs is 7. The van der Waals surface area contributed by atoms with Crippen LogP contribution in [-0.2, 0) is 0 Å². The second kappa shape index (κ2) is 8.44. The van der Waals surface area contributed by atoms with Gasteiger partial charge in [0.05, 0.1) is 11.0 Å². The highest BCUT2D eigenvalue weighted by Gasteiger charge is 2.26. The van der Waals surface area contributed by atoms with Crippen LogP contribution < -0.4 is 0 Å². The molecule has 0 fully saturated rings. The van der Waals surface area contributed by atoms with Gasteiger partial charge in [-0.15, -0.1) is 0 Å². The number of para-hydroxylation sites is 1. The average Bonchev–Trinajstić information content (AvgIpc) is 3.56. The van der Waals surface area contributed by atoms with Gasteiger partial charge in [0, 0.05) is 21.9 Å². The van der Waals surface area contributed by atoms with Crippen LogP contribution >= 0.6 is 0 Å². The first kappa shape index (κ1) is 22.2. The summed E-state index contributed by atoms with van der Waals surface area (Å²) in [5.41, 5.74) is 9.18. The second-order valence-electron chi connectivity index (χ2n) is 10.5. The van der Waals surface area contributed by atoms with Gasteiger partial charge in [0.25, 0.3) is 0 Å². The molecule has 1 aliphatic carbocycles. The van der Waals surface area contributed by atoms with Crippen LogP contribution in [0.3, 0.4) is 0 Å². The van der Waals surface area contributed by atoms with Gasteiger partial charge in [-0.3, -0.25) is 4.57 Å². The van der Waals surface area contributed by atoms with Crippen LogP contribution in [0.15, 0.2) is 133 Å². The highest BCUT2D eigenvalue weighted by atomic mass is 15.2. The summed E-state index contributed by atoms with van der Waals surface area (Å²) in [5.74, 6) is 1.91. The minimum absolute atomic E-state index is 0.609. The fraction of sp³-hybridized carbons (Fsp3) is 0. The summed E-state index contributed by atoms with van der Waals surface area (Å²) >= 11 is 0. The van der Waals surface area contributed by atoms with Gasteiger partial charge >= 0.3 is 0 Å². The Labute approximate surface area is 236 Å². The zero-order valence-corrected chi connectivity index (χ0v) is 22.0. The summed E-state index contributed by atoms with van der Waals surface area (Å²) in [6, 6.07) is 46.6. The molecule has 0 bridgehead atoms. The van der Waals surface area contributed by atoms with E-state index in [4.69, 9.17) is 15.0 Å². The molecule has 0 saturated heterocycles. The van der Waals surface area contributed by atoms with E-state index < -0.39 is 0 Å². The van der Waals surface area contributed by atoms with E-state index in [9.17, 15) is 0 Å². The van der Waals surface area contributed by atoms with Crippen LogP contribution in [0.4, 0.5) is 0 Å². The first-order valence-electron chi connectivity index (χ1n) is 13.8. The van der Waals surface area contributed by atoms with Gasteiger partial charge in [0.2, 0.25) is 5.95 Å². The fourth-order valence-corrected chi connectivity index (χ4v) is 6.44. The molecular weight excluding hydrogens is 500 g/mol. The molecule has 0 spiro atoms. The fourth-order valence-electron chi connectivity index (χ4n) is 6.44. The van der Waals surface area contributed by atoms with Crippen molar-refractivity contribution in [3.63, 3.8) is 0 Å². The number of aromatic nitrogens is 4. The quantitative estimate of drug-likeness (QED) is 0.232. The van der Waals surface area contributed by atoms with Crippen LogP contribution in [0.5, 0.6) is 0 Å². The number of hydrogen-bond acceptors (Lipinski definition) is 3. The van der Waals surface area contributed by atoms with Crippen molar-refractivity contribution in [3.05, 3.63) is 133 Å². The summed E-state index contributed by atoms with van der Waals surface area (Å²) in [4.78, 5) is 15.1. The highest BCUT2D eigenvalue weighted by molar-refractivity contribution is 6.29. The van der Waals surface area contributed by atoms with E-state index in [2.05, 4.69) is 77.4 Å². The molecule has 4 nitrogen and oxygen atoms in total. The Morgan fingerprint density at radius 1 is 0.390 bits per heavy atom. The summed E-state index contributed by atoms with van der Waals surface area (Å²) < 4.78 is 2.22. The van der Waals surface area contributed by atoms with E-state index in [1.54, 1.807) is 0 Å². The van der Waals surface area contributed by atoms with E-state index >= 15 is 0 Å². The number of hydrogen-bond donors (Lipinski definition) is 0. The van der Waals surface area contributed by atoms with E-state index in [0.29, 0.717) is 17.6 Å². The van der Waals surface area contributed by atoms with Crippen molar-refractivity contribution in [3.8, 4) is 51.0 Å². The zero-order valence-electron chi connectivity index (χ0n) is 22.0. The van der Waals surface area contributed by atoms with Gasteiger partial charge in [-0.1, -0.05) is 121 Å². The molecule has 1 aliphatic rings. The van der Waals surface area contributed by atoms with Crippen LogP contribution in [0.25, 0.3) is 83.6 Å². The number of nitrogens with zero attached hydrogens (tertiary/aromatic N) is 4. The van der Waals surface area contributed by atoms with Crippen molar-refractivity contribution in [2.75, 3.05) is 0 Å². The smallest absolute Gasteiger partial charge is 0.238 e. The molecular formula is C37H22N4. The van der Waals surface area contributed by atoms with Crippen molar-refractivity contribution in [2.45, 2.75) is 0 Å². The summed E-state index contributed by atoms with van der Waals surface area (Å²) in [6.07, 6.45) is 0. The molecule has 0 radical (unpaired) electrons. The molecule has 0 atom stereocenters. The molecule has 0 saturated carbocycles. The van der Waals surface area contributed by atoms with Gasteiger partial charge in [0.1, 0.15) is 0 Å². The predicted molar refractivity (Wildman–Crippen MR) is 167 cm³/mol. The molecule has 190 valence electrons. The Bertz CT molecular complexity index is 2240. The SMILES string of the molecule is c1ccc(-c2nc(-c3ccccc3)nc(-n3c4ccccc4c4c5cccc6c5c(cc43)-c3ccccc3-6)n2)cc1. The monoisotopic (exact) mass is 522 g/mol. The van der Waals surface area contributed by atoms with E-state index in [0.717, 1.165) is 22.2 Å². The number of rotatable bonds is 3. The third-order valence-electron chi connectivity index (χ3n) is 8.19. The number of benzene rings is 6. The van der Waals surface area contributed by atoms with Gasteiger partial charge in [-0.25, -0.2) is 4.98 Å².